The van der Waals surface area contributed by atoms with E-state index in [1.165, 1.54) is 0 Å². The first-order valence-electron chi connectivity index (χ1n) is 7.16. The lowest BCUT2D eigenvalue weighted by atomic mass is 9.87. The van der Waals surface area contributed by atoms with E-state index >= 15 is 0 Å². The van der Waals surface area contributed by atoms with Crippen LogP contribution in [0.25, 0.3) is 0 Å². The van der Waals surface area contributed by atoms with Gasteiger partial charge in [-0.2, -0.15) is 0 Å². The van der Waals surface area contributed by atoms with Crippen molar-refractivity contribution in [3.05, 3.63) is 0 Å². The van der Waals surface area contributed by atoms with E-state index in [9.17, 15) is 14.7 Å². The Kier molecular flexibility index (Phi) is 4.07. The molecule has 20 heavy (non-hydrogen) atoms. The first-order valence-corrected chi connectivity index (χ1v) is 7.16. The molecular weight excluding hydrogens is 260 g/mol. The summed E-state index contributed by atoms with van der Waals surface area (Å²) in [4.78, 5) is 26.1. The second-order valence-electron chi connectivity index (χ2n) is 6.73. The van der Waals surface area contributed by atoms with Gasteiger partial charge in [-0.25, -0.2) is 4.79 Å². The van der Waals surface area contributed by atoms with Crippen molar-refractivity contribution < 1.29 is 19.4 Å². The minimum atomic E-state index is -0.723. The van der Waals surface area contributed by atoms with Crippen LogP contribution in [0.1, 0.15) is 40.0 Å². The molecular formula is C14H24N2O4. The molecule has 6 nitrogen and oxygen atoms in total. The summed E-state index contributed by atoms with van der Waals surface area (Å²) in [7, 11) is 0. The quantitative estimate of drug-likeness (QED) is 0.698. The first-order chi connectivity index (χ1) is 9.24. The molecule has 0 bridgehead atoms. The van der Waals surface area contributed by atoms with Crippen LogP contribution in [0.4, 0.5) is 0 Å². The van der Waals surface area contributed by atoms with Gasteiger partial charge < -0.3 is 20.5 Å². The molecule has 1 amide bonds. The minimum Gasteiger partial charge on any atom is -0.458 e. The van der Waals surface area contributed by atoms with Crippen molar-refractivity contribution in [2.24, 2.45) is 11.7 Å². The van der Waals surface area contributed by atoms with Crippen molar-refractivity contribution in [1.82, 2.24) is 4.90 Å². The largest absolute Gasteiger partial charge is 0.458 e. The Hall–Kier alpha value is -1.14. The van der Waals surface area contributed by atoms with E-state index in [4.69, 9.17) is 10.5 Å². The molecule has 6 heteroatoms. The Labute approximate surface area is 119 Å². The van der Waals surface area contributed by atoms with Gasteiger partial charge in [0.15, 0.2) is 0 Å². The number of hydrogen-bond donors (Lipinski definition) is 2. The molecule has 2 aliphatic rings. The molecule has 0 spiro atoms. The van der Waals surface area contributed by atoms with Gasteiger partial charge in [0.05, 0.1) is 6.04 Å². The highest BCUT2D eigenvalue weighted by Gasteiger charge is 2.49. The van der Waals surface area contributed by atoms with E-state index in [2.05, 4.69) is 0 Å². The van der Waals surface area contributed by atoms with Crippen molar-refractivity contribution in [3.63, 3.8) is 0 Å². The van der Waals surface area contributed by atoms with E-state index in [1.54, 1.807) is 4.90 Å². The summed E-state index contributed by atoms with van der Waals surface area (Å²) in [5.41, 5.74) is 5.31. The number of rotatable bonds is 2. The number of ether oxygens (including phenoxy) is 1. The Balaban J connectivity index is 2.12. The molecule has 0 aliphatic carbocycles. The maximum absolute atomic E-state index is 12.3. The summed E-state index contributed by atoms with van der Waals surface area (Å²) in [5.74, 6) is -0.808. The maximum Gasteiger partial charge on any atom is 0.329 e. The Morgan fingerprint density at radius 1 is 1.45 bits per heavy atom. The Bertz CT molecular complexity index is 404. The second kappa shape index (κ2) is 5.33. The predicted molar refractivity (Wildman–Crippen MR) is 72.7 cm³/mol. The topological polar surface area (TPSA) is 92.9 Å². The monoisotopic (exact) mass is 284 g/mol. The van der Waals surface area contributed by atoms with E-state index in [0.29, 0.717) is 12.8 Å². The second-order valence-corrected chi connectivity index (χ2v) is 6.73. The molecule has 0 saturated carbocycles. The Morgan fingerprint density at radius 3 is 2.65 bits per heavy atom. The minimum absolute atomic E-state index is 0.00281. The highest BCUT2D eigenvalue weighted by atomic mass is 16.6. The number of hydrogen-bond acceptors (Lipinski definition) is 5. The van der Waals surface area contributed by atoms with Crippen LogP contribution in [0.3, 0.4) is 0 Å². The number of aliphatic hydroxyl groups excluding tert-OH is 1. The number of carbonyl (C=O) groups excluding carboxylic acids is 2. The highest BCUT2D eigenvalue weighted by molar-refractivity contribution is 5.89. The van der Waals surface area contributed by atoms with Gasteiger partial charge >= 0.3 is 5.97 Å². The van der Waals surface area contributed by atoms with Crippen molar-refractivity contribution in [1.29, 1.82) is 0 Å². The SMILES string of the molecule is CC(C)(C)OC(=O)[C@@H]1CCC2CC(CO)C(N)C(=O)N21. The highest BCUT2D eigenvalue weighted by Crippen LogP contribution is 2.35. The number of carbonyl (C=O) groups is 2. The fourth-order valence-electron chi connectivity index (χ4n) is 3.11. The van der Waals surface area contributed by atoms with Crippen LogP contribution in [0.2, 0.25) is 0 Å². The molecule has 2 saturated heterocycles. The van der Waals surface area contributed by atoms with Crippen molar-refractivity contribution >= 4 is 11.9 Å². The third-order valence-corrected chi connectivity index (χ3v) is 4.04. The zero-order chi connectivity index (χ0) is 15.1. The third kappa shape index (κ3) is 2.81. The van der Waals surface area contributed by atoms with Gasteiger partial charge in [0.1, 0.15) is 11.6 Å². The van der Waals surface area contributed by atoms with Crippen LogP contribution in [0.15, 0.2) is 0 Å². The van der Waals surface area contributed by atoms with Crippen molar-refractivity contribution in [3.8, 4) is 0 Å². The van der Waals surface area contributed by atoms with Gasteiger partial charge in [-0.1, -0.05) is 0 Å². The number of aliphatic hydroxyl groups is 1. The van der Waals surface area contributed by atoms with Gasteiger partial charge in [0, 0.05) is 18.6 Å². The number of piperidine rings is 1. The van der Waals surface area contributed by atoms with Gasteiger partial charge in [0.2, 0.25) is 5.91 Å². The lowest BCUT2D eigenvalue weighted by Gasteiger charge is -2.40. The molecule has 0 aromatic rings. The van der Waals surface area contributed by atoms with Gasteiger partial charge in [-0.05, 0) is 40.0 Å². The average Bonchev–Trinajstić information content (AvgIpc) is 2.75. The summed E-state index contributed by atoms with van der Waals surface area (Å²) in [6, 6.07) is -1.26. The summed E-state index contributed by atoms with van der Waals surface area (Å²) in [6.07, 6.45) is 2.03. The standard InChI is InChI=1S/C14H24N2O4/c1-14(2,3)20-13(19)10-5-4-9-6-8(7-17)11(15)12(18)16(9)10/h8-11,17H,4-7,15H2,1-3H3/t8?,9?,10-,11?/m0/s1. The zero-order valence-corrected chi connectivity index (χ0v) is 12.3. The number of fused-ring (bicyclic) bond motifs is 1. The van der Waals surface area contributed by atoms with E-state index in [-0.39, 0.29) is 30.4 Å². The van der Waals surface area contributed by atoms with Crippen molar-refractivity contribution in [2.45, 2.75) is 63.8 Å². The molecule has 3 unspecified atom stereocenters. The smallest absolute Gasteiger partial charge is 0.329 e. The summed E-state index contributed by atoms with van der Waals surface area (Å²) < 4.78 is 5.38. The molecule has 0 aromatic carbocycles. The normalized spacial score (nSPS) is 34.0. The fourth-order valence-corrected chi connectivity index (χ4v) is 3.11. The summed E-state index contributed by atoms with van der Waals surface area (Å²) in [5, 5.41) is 9.28. The number of esters is 1. The third-order valence-electron chi connectivity index (χ3n) is 4.04. The Morgan fingerprint density at radius 2 is 2.10 bits per heavy atom. The van der Waals surface area contributed by atoms with Gasteiger partial charge in [0.25, 0.3) is 0 Å². The predicted octanol–water partition coefficient (Wildman–Crippen LogP) is 0.0272. The fraction of sp³-hybridized carbons (Fsp3) is 0.857. The maximum atomic E-state index is 12.3. The average molecular weight is 284 g/mol. The summed E-state index contributed by atoms with van der Waals surface area (Å²) >= 11 is 0. The van der Waals surface area contributed by atoms with Gasteiger partial charge in [-0.15, -0.1) is 0 Å². The summed E-state index contributed by atoms with van der Waals surface area (Å²) in [6.45, 7) is 5.34. The van der Waals surface area contributed by atoms with Crippen LogP contribution >= 0.6 is 0 Å². The van der Waals surface area contributed by atoms with E-state index in [0.717, 1.165) is 6.42 Å². The van der Waals surface area contributed by atoms with Crippen LogP contribution in [-0.2, 0) is 14.3 Å². The molecule has 0 radical (unpaired) electrons. The van der Waals surface area contributed by atoms with Crippen LogP contribution in [0, 0.1) is 5.92 Å². The molecule has 2 heterocycles. The molecule has 0 aromatic heterocycles. The van der Waals surface area contributed by atoms with E-state index in [1.807, 2.05) is 20.8 Å². The molecule has 4 atom stereocenters. The van der Waals surface area contributed by atoms with Gasteiger partial charge in [-0.3, -0.25) is 4.79 Å². The molecule has 2 fully saturated rings. The molecule has 3 N–H and O–H groups in total. The van der Waals surface area contributed by atoms with Crippen LogP contribution < -0.4 is 5.73 Å². The first kappa shape index (κ1) is 15.3. The number of amides is 1. The van der Waals surface area contributed by atoms with Crippen LogP contribution in [0.5, 0.6) is 0 Å². The van der Waals surface area contributed by atoms with E-state index < -0.39 is 17.7 Å². The molecule has 2 rings (SSSR count). The molecule has 2 aliphatic heterocycles. The zero-order valence-electron chi connectivity index (χ0n) is 12.3. The van der Waals surface area contributed by atoms with Crippen molar-refractivity contribution in [2.75, 3.05) is 6.61 Å². The number of nitrogens with zero attached hydrogens (tertiary/aromatic N) is 1. The lowest BCUT2D eigenvalue weighted by molar-refractivity contribution is -0.166. The lowest BCUT2D eigenvalue weighted by Crippen LogP contribution is -2.59. The molecule has 114 valence electrons. The number of nitrogens with two attached hydrogens (primary N) is 1. The van der Waals surface area contributed by atoms with Crippen LogP contribution in [-0.4, -0.2) is 52.2 Å².